The van der Waals surface area contributed by atoms with Crippen molar-refractivity contribution in [2.75, 3.05) is 47.4 Å². The van der Waals surface area contributed by atoms with Gasteiger partial charge in [0.25, 0.3) is 0 Å². The van der Waals surface area contributed by atoms with E-state index in [4.69, 9.17) is 23.7 Å². The van der Waals surface area contributed by atoms with Crippen LogP contribution in [-0.2, 0) is 70.4 Å². The van der Waals surface area contributed by atoms with Gasteiger partial charge in [0.05, 0.1) is 26.2 Å². The Labute approximate surface area is 482 Å². The fraction of sp³-hybridized carbons (Fsp3) is 0.537. The number of carbonyl (C=O) groups is 12. The van der Waals surface area contributed by atoms with Gasteiger partial charge in [0.2, 0.25) is 70.9 Å². The molecule has 12 amide bonds. The van der Waals surface area contributed by atoms with Crippen molar-refractivity contribution < 1.29 is 67.7 Å². The Hall–Kier alpha value is -8.11. The highest BCUT2D eigenvalue weighted by molar-refractivity contribution is 7.80. The topological polar surface area (TPSA) is 403 Å². The van der Waals surface area contributed by atoms with Gasteiger partial charge in [-0.2, -0.15) is 0 Å². The van der Waals surface area contributed by atoms with Gasteiger partial charge in [-0.1, -0.05) is 88.4 Å². The number of aliphatic hydroxyl groups is 2. The Balaban J connectivity index is 2.30. The molecule has 0 saturated heterocycles. The summed E-state index contributed by atoms with van der Waals surface area (Å²) in [6, 6.07) is 5.27. The van der Waals surface area contributed by atoms with Gasteiger partial charge in [0, 0.05) is 40.4 Å². The van der Waals surface area contributed by atoms with Crippen LogP contribution >= 0.6 is 12.2 Å². The predicted octanol–water partition coefficient (Wildman–Crippen LogP) is -3.43. The summed E-state index contributed by atoms with van der Waals surface area (Å²) in [7, 11) is 3.94. The van der Waals surface area contributed by atoms with Crippen LogP contribution in [0.1, 0.15) is 72.4 Å². The van der Waals surface area contributed by atoms with E-state index < -0.39 is 162 Å². The molecule has 9 atom stereocenters. The number of primary amides is 1. The summed E-state index contributed by atoms with van der Waals surface area (Å²) >= 11 is 4.87. The van der Waals surface area contributed by atoms with E-state index in [0.717, 1.165) is 9.80 Å². The van der Waals surface area contributed by atoms with Gasteiger partial charge < -0.3 is 78.9 Å². The molecule has 0 aliphatic carbocycles. The molecule has 0 aromatic heterocycles. The van der Waals surface area contributed by atoms with Gasteiger partial charge in [-0.3, -0.25) is 57.5 Å². The molecule has 0 heterocycles. The molecule has 14 N–H and O–H groups in total. The monoisotopic (exact) mass is 1170 g/mol. The SMILES string of the molecule is CC(C)CC(C(=O)NC(C)C(=O)NC(C(=O)NC(Cc1ccccc1)C(=O)NC(CC(O)=S)C(=O)N(C)C(C)C(=O)NC(CO)C(=O)NCC(N)=O)C(C)C)N(C)C(=O)CNC(=O)C(Cc1ccccc1)N(C)C(=O)C(C)NC(=O)CN. The van der Waals surface area contributed by atoms with Gasteiger partial charge in [-0.05, 0) is 62.4 Å². The van der Waals surface area contributed by atoms with E-state index in [0.29, 0.717) is 11.1 Å². The Kier molecular flexibility index (Phi) is 29.2. The molecule has 0 aliphatic rings. The second-order valence-corrected chi connectivity index (χ2v) is 20.9. The number of rotatable bonds is 33. The average molecular weight is 1170 g/mol. The number of amides is 12. The molecule has 0 aliphatic heterocycles. The van der Waals surface area contributed by atoms with Crippen molar-refractivity contribution in [2.45, 2.75) is 129 Å². The van der Waals surface area contributed by atoms with Gasteiger partial charge in [0.15, 0.2) is 5.05 Å². The van der Waals surface area contributed by atoms with Crippen LogP contribution in [0.4, 0.5) is 0 Å². The van der Waals surface area contributed by atoms with Gasteiger partial charge >= 0.3 is 0 Å². The normalized spacial score (nSPS) is 14.3. The summed E-state index contributed by atoms with van der Waals surface area (Å²) in [5, 5.41) is 39.0. The molecule has 0 saturated carbocycles. The zero-order valence-electron chi connectivity index (χ0n) is 48.0. The van der Waals surface area contributed by atoms with E-state index in [1.165, 1.54) is 46.8 Å². The highest BCUT2D eigenvalue weighted by atomic mass is 32.1. The third-order valence-electron chi connectivity index (χ3n) is 13.1. The first-order chi connectivity index (χ1) is 38.4. The minimum atomic E-state index is -1.62. The molecule has 452 valence electrons. The minimum Gasteiger partial charge on any atom is -0.502 e. The first-order valence-corrected chi connectivity index (χ1v) is 26.9. The van der Waals surface area contributed by atoms with Crippen LogP contribution in [0.5, 0.6) is 0 Å². The van der Waals surface area contributed by atoms with Crippen molar-refractivity contribution in [3.05, 3.63) is 71.8 Å². The zero-order chi connectivity index (χ0) is 62.1. The lowest BCUT2D eigenvalue weighted by Gasteiger charge is -2.32. The van der Waals surface area contributed by atoms with E-state index in [1.807, 2.05) is 13.8 Å². The maximum Gasteiger partial charge on any atom is 0.246 e. The lowest BCUT2D eigenvalue weighted by molar-refractivity contribution is -0.143. The number of nitrogens with one attached hydrogen (secondary N) is 8. The molecule has 82 heavy (non-hydrogen) atoms. The first kappa shape index (κ1) is 70.0. The van der Waals surface area contributed by atoms with E-state index >= 15 is 0 Å². The molecule has 2 aromatic rings. The molecule has 0 spiro atoms. The van der Waals surface area contributed by atoms with Crippen LogP contribution in [0, 0.1) is 11.8 Å². The number of hydrogen-bond donors (Lipinski definition) is 12. The van der Waals surface area contributed by atoms with Crippen molar-refractivity contribution in [1.82, 2.24) is 57.2 Å². The van der Waals surface area contributed by atoms with Gasteiger partial charge in [-0.15, -0.1) is 0 Å². The van der Waals surface area contributed by atoms with Crippen molar-refractivity contribution in [2.24, 2.45) is 23.3 Å². The second-order valence-electron chi connectivity index (χ2n) is 20.4. The fourth-order valence-electron chi connectivity index (χ4n) is 8.08. The Morgan fingerprint density at radius 2 is 1.09 bits per heavy atom. The van der Waals surface area contributed by atoms with E-state index in [9.17, 15) is 67.7 Å². The molecule has 28 heteroatoms. The highest BCUT2D eigenvalue weighted by Gasteiger charge is 2.37. The van der Waals surface area contributed by atoms with Crippen molar-refractivity contribution >= 4 is 88.2 Å². The summed E-state index contributed by atoms with van der Waals surface area (Å²) in [6.45, 7) is 8.50. The third kappa shape index (κ3) is 22.8. The first-order valence-electron chi connectivity index (χ1n) is 26.5. The molecule has 0 radical (unpaired) electrons. The smallest absolute Gasteiger partial charge is 0.246 e. The molecule has 0 fully saturated rings. The van der Waals surface area contributed by atoms with Gasteiger partial charge in [0.1, 0.15) is 54.4 Å². The standard InChI is InChI=1S/C54H81N13O14S/c1-29(2)21-39(66(9)43(71)27-58-50(77)40(23-35-19-15-12-16-20-35)67(10)53(80)32(6)59-42(70)25-55)51(78)60-31(5)46(73)64-45(30(3)4)52(79)61-36(22-34-17-13-11-14-18-34)49(76)62-37(24-44(72)82)54(81)65(8)33(7)47(74)63-38(28-68)48(75)57-26-41(56)69/h11-20,29-33,36-40,45,68H,21-28,55H2,1-10H3,(H2,56,69)(H,57,75)(H,58,77)(H,59,70)(H,60,78)(H,61,79)(H,62,76)(H,63,74)(H,64,73)(H,72,82). The van der Waals surface area contributed by atoms with Crippen molar-refractivity contribution in [3.63, 3.8) is 0 Å². The molecule has 2 rings (SSSR count). The molecule has 2 aromatic carbocycles. The number of likely N-dealkylation sites (N-methyl/N-ethyl adjacent to an activating group) is 3. The van der Waals surface area contributed by atoms with Crippen LogP contribution in [0.15, 0.2) is 60.7 Å². The molecule has 0 bridgehead atoms. The summed E-state index contributed by atoms with van der Waals surface area (Å²) < 4.78 is 0. The van der Waals surface area contributed by atoms with Crippen molar-refractivity contribution in [3.8, 4) is 0 Å². The average Bonchev–Trinajstić information content (AvgIpc) is 3.53. The van der Waals surface area contributed by atoms with E-state index in [2.05, 4.69) is 42.5 Å². The quantitative estimate of drug-likeness (QED) is 0.0310. The second kappa shape index (κ2) is 34.2. The molecular weight excluding hydrogens is 1090 g/mol. The maximum atomic E-state index is 14.2. The van der Waals surface area contributed by atoms with E-state index in [1.54, 1.807) is 74.5 Å². The number of carbonyl (C=O) groups excluding carboxylic acids is 12. The van der Waals surface area contributed by atoms with Crippen LogP contribution in [0.2, 0.25) is 0 Å². The fourth-order valence-corrected chi connectivity index (χ4v) is 8.25. The number of nitrogens with two attached hydrogens (primary N) is 2. The summed E-state index contributed by atoms with van der Waals surface area (Å²) in [4.78, 5) is 163. The molecular formula is C54H81N13O14S. The Morgan fingerprint density at radius 1 is 0.549 bits per heavy atom. The number of hydrogen-bond acceptors (Lipinski definition) is 15. The van der Waals surface area contributed by atoms with Crippen LogP contribution in [-0.4, -0.2) is 203 Å². The minimum absolute atomic E-state index is 0.0489. The Morgan fingerprint density at radius 3 is 1.60 bits per heavy atom. The number of aliphatic hydroxyl groups excluding tert-OH is 2. The maximum absolute atomic E-state index is 14.2. The summed E-state index contributed by atoms with van der Waals surface area (Å²) in [5.74, 6) is -10.4. The largest absolute Gasteiger partial charge is 0.502 e. The number of benzene rings is 2. The lowest BCUT2D eigenvalue weighted by atomic mass is 10.00. The van der Waals surface area contributed by atoms with E-state index in [-0.39, 0.29) is 31.7 Å². The third-order valence-corrected chi connectivity index (χ3v) is 13.2. The molecule has 27 nitrogen and oxygen atoms in total. The predicted molar refractivity (Wildman–Crippen MR) is 304 cm³/mol. The summed E-state index contributed by atoms with van der Waals surface area (Å²) in [5.41, 5.74) is 11.7. The van der Waals surface area contributed by atoms with Gasteiger partial charge in [-0.25, -0.2) is 0 Å². The highest BCUT2D eigenvalue weighted by Crippen LogP contribution is 2.15. The summed E-state index contributed by atoms with van der Waals surface area (Å²) in [6.07, 6.45) is -0.613. The van der Waals surface area contributed by atoms with Crippen LogP contribution < -0.4 is 54.0 Å². The Bertz CT molecular complexity index is 2580. The van der Waals surface area contributed by atoms with Crippen LogP contribution in [0.3, 0.4) is 0 Å². The van der Waals surface area contributed by atoms with Crippen molar-refractivity contribution in [1.29, 1.82) is 0 Å². The lowest BCUT2D eigenvalue weighted by Crippen LogP contribution is -2.61. The molecule has 9 unspecified atom stereocenters. The number of nitrogens with zero attached hydrogens (tertiary/aromatic N) is 3. The number of thiocarbonyl (C=S) groups is 1. The van der Waals surface area contributed by atoms with Crippen LogP contribution in [0.25, 0.3) is 0 Å². The zero-order valence-corrected chi connectivity index (χ0v) is 48.8.